The van der Waals surface area contributed by atoms with Crippen molar-refractivity contribution in [3.8, 4) is 0 Å². The second kappa shape index (κ2) is 1.22. The molecule has 0 atom stereocenters. The predicted octanol–water partition coefficient (Wildman–Crippen LogP) is 1.12. The molecule has 1 heterocycles. The summed E-state index contributed by atoms with van der Waals surface area (Å²) in [6.45, 7) is 6.84. The van der Waals surface area contributed by atoms with Gasteiger partial charge in [-0.1, -0.05) is 13.8 Å². The summed E-state index contributed by atoms with van der Waals surface area (Å²) in [6, 6.07) is 0. The second-order valence-electron chi connectivity index (χ2n) is 3.15. The van der Waals surface area contributed by atoms with E-state index in [1.165, 1.54) is 0 Å². The van der Waals surface area contributed by atoms with Crippen molar-refractivity contribution in [2.75, 3.05) is 13.1 Å². The van der Waals surface area contributed by atoms with Crippen molar-refractivity contribution in [3.63, 3.8) is 0 Å². The van der Waals surface area contributed by atoms with Crippen molar-refractivity contribution in [2.45, 2.75) is 13.8 Å². The van der Waals surface area contributed by atoms with Gasteiger partial charge in [0.05, 0.1) is 0 Å². The Labute approximate surface area is 45.3 Å². The molecule has 0 aromatic carbocycles. The molecule has 0 bridgehead atoms. The highest BCUT2D eigenvalue weighted by atomic mass is 15.2. The topological polar surface area (TPSA) is 3.24 Å². The standard InChI is InChI=1S/C6H12N/c1-6(2)4-7(3)5-6/h3-5H2,1-2H3/q-1. The smallest absolute Gasteiger partial charge is 0.0147 e. The lowest BCUT2D eigenvalue weighted by Gasteiger charge is -2.49. The van der Waals surface area contributed by atoms with E-state index in [2.05, 4.69) is 25.8 Å². The molecule has 1 fully saturated rings. The molecule has 0 unspecified atom stereocenters. The summed E-state index contributed by atoms with van der Waals surface area (Å²) in [6.07, 6.45) is 0. The first-order valence-electron chi connectivity index (χ1n) is 2.66. The monoisotopic (exact) mass is 98.1 g/mol. The average molecular weight is 98.2 g/mol. The Kier molecular flexibility index (Phi) is 0.890. The zero-order valence-corrected chi connectivity index (χ0v) is 5.07. The number of likely N-dealkylation sites (tertiary alicyclic amines) is 1. The van der Waals surface area contributed by atoms with Crippen molar-refractivity contribution in [1.82, 2.24) is 4.90 Å². The van der Waals surface area contributed by atoms with Crippen molar-refractivity contribution < 1.29 is 0 Å². The zero-order chi connectivity index (χ0) is 5.49. The van der Waals surface area contributed by atoms with Gasteiger partial charge in [-0.2, -0.15) is 0 Å². The maximum Gasteiger partial charge on any atom is -0.0147 e. The van der Waals surface area contributed by atoms with Gasteiger partial charge in [0.1, 0.15) is 0 Å². The third-order valence-corrected chi connectivity index (χ3v) is 1.30. The van der Waals surface area contributed by atoms with Crippen LogP contribution in [0, 0.1) is 12.5 Å². The Morgan fingerprint density at radius 2 is 1.86 bits per heavy atom. The number of hydrogen-bond acceptors (Lipinski definition) is 1. The molecule has 1 aliphatic rings. The molecular formula is C6H12N-. The zero-order valence-electron chi connectivity index (χ0n) is 5.07. The normalized spacial score (nSPS) is 29.6. The third-order valence-electron chi connectivity index (χ3n) is 1.30. The Morgan fingerprint density at radius 1 is 1.43 bits per heavy atom. The van der Waals surface area contributed by atoms with E-state index in [0.717, 1.165) is 13.1 Å². The van der Waals surface area contributed by atoms with E-state index in [4.69, 9.17) is 0 Å². The fourth-order valence-corrected chi connectivity index (χ4v) is 1.16. The van der Waals surface area contributed by atoms with Crippen molar-refractivity contribution in [1.29, 1.82) is 0 Å². The molecule has 0 saturated carbocycles. The molecule has 0 aliphatic carbocycles. The van der Waals surface area contributed by atoms with Crippen molar-refractivity contribution >= 4 is 0 Å². The Morgan fingerprint density at radius 3 is 1.86 bits per heavy atom. The third kappa shape index (κ3) is 0.942. The molecule has 0 spiro atoms. The Bertz CT molecular complexity index is 68.2. The second-order valence-corrected chi connectivity index (χ2v) is 3.15. The van der Waals surface area contributed by atoms with Crippen molar-refractivity contribution in [2.24, 2.45) is 5.41 Å². The minimum atomic E-state index is 0.557. The Hall–Kier alpha value is -0.0400. The summed E-state index contributed by atoms with van der Waals surface area (Å²) >= 11 is 0. The van der Waals surface area contributed by atoms with E-state index >= 15 is 0 Å². The molecule has 1 nitrogen and oxygen atoms in total. The van der Waals surface area contributed by atoms with E-state index in [1.54, 1.807) is 0 Å². The molecule has 0 aromatic rings. The van der Waals surface area contributed by atoms with E-state index in [-0.39, 0.29) is 0 Å². The molecule has 0 radical (unpaired) electrons. The number of rotatable bonds is 0. The highest BCUT2D eigenvalue weighted by Crippen LogP contribution is 2.26. The molecule has 1 saturated heterocycles. The lowest BCUT2D eigenvalue weighted by molar-refractivity contribution is 0.0744. The van der Waals surface area contributed by atoms with Gasteiger partial charge in [-0.3, -0.25) is 7.05 Å². The fourth-order valence-electron chi connectivity index (χ4n) is 1.16. The van der Waals surface area contributed by atoms with Gasteiger partial charge in [0.15, 0.2) is 0 Å². The van der Waals surface area contributed by atoms with E-state index < -0.39 is 0 Å². The molecule has 1 aliphatic heterocycles. The fraction of sp³-hybridized carbons (Fsp3) is 0.833. The van der Waals surface area contributed by atoms with Gasteiger partial charge >= 0.3 is 0 Å². The first-order chi connectivity index (χ1) is 3.10. The quantitative estimate of drug-likeness (QED) is 0.410. The van der Waals surface area contributed by atoms with Crippen LogP contribution in [0.3, 0.4) is 0 Å². The van der Waals surface area contributed by atoms with Gasteiger partial charge in [-0.25, -0.2) is 0 Å². The largest absolute Gasteiger partial charge is 0.458 e. The summed E-state index contributed by atoms with van der Waals surface area (Å²) < 4.78 is 0. The van der Waals surface area contributed by atoms with Crippen LogP contribution >= 0.6 is 0 Å². The molecule has 7 heavy (non-hydrogen) atoms. The van der Waals surface area contributed by atoms with Crippen LogP contribution in [0.4, 0.5) is 0 Å². The van der Waals surface area contributed by atoms with Gasteiger partial charge in [0.25, 0.3) is 0 Å². The molecule has 1 rings (SSSR count). The predicted molar refractivity (Wildman–Crippen MR) is 30.7 cm³/mol. The highest BCUT2D eigenvalue weighted by Gasteiger charge is 2.26. The van der Waals surface area contributed by atoms with Crippen LogP contribution in [0.15, 0.2) is 0 Å². The minimum Gasteiger partial charge on any atom is -0.458 e. The molecule has 0 aromatic heterocycles. The van der Waals surface area contributed by atoms with Crippen LogP contribution in [-0.2, 0) is 0 Å². The number of nitrogens with zero attached hydrogens (tertiary/aromatic N) is 1. The van der Waals surface area contributed by atoms with E-state index in [1.807, 2.05) is 0 Å². The van der Waals surface area contributed by atoms with E-state index in [0.29, 0.717) is 5.41 Å². The van der Waals surface area contributed by atoms with Gasteiger partial charge in [-0.05, 0) is 18.5 Å². The van der Waals surface area contributed by atoms with Crippen LogP contribution in [-0.4, -0.2) is 18.0 Å². The molecule has 1 heteroatoms. The molecule has 42 valence electrons. The minimum absolute atomic E-state index is 0.557. The summed E-state index contributed by atoms with van der Waals surface area (Å²) in [4.78, 5) is 2.08. The molecular weight excluding hydrogens is 86.1 g/mol. The summed E-state index contributed by atoms with van der Waals surface area (Å²) in [5.41, 5.74) is 0.557. The maximum atomic E-state index is 3.77. The summed E-state index contributed by atoms with van der Waals surface area (Å²) in [5, 5.41) is 0. The average Bonchev–Trinajstić information content (AvgIpc) is 1.27. The van der Waals surface area contributed by atoms with Crippen LogP contribution in [0.25, 0.3) is 0 Å². The summed E-state index contributed by atoms with van der Waals surface area (Å²) in [7, 11) is 3.77. The SMILES string of the molecule is [CH2-]N1CC(C)(C)C1. The van der Waals surface area contributed by atoms with Crippen LogP contribution in [0.1, 0.15) is 13.8 Å². The van der Waals surface area contributed by atoms with Gasteiger partial charge < -0.3 is 4.90 Å². The van der Waals surface area contributed by atoms with Gasteiger partial charge in [-0.15, -0.1) is 0 Å². The highest BCUT2D eigenvalue weighted by molar-refractivity contribution is 4.86. The lowest BCUT2D eigenvalue weighted by Crippen LogP contribution is -2.49. The molecule has 0 amide bonds. The van der Waals surface area contributed by atoms with Crippen LogP contribution < -0.4 is 0 Å². The molecule has 0 N–H and O–H groups in total. The lowest BCUT2D eigenvalue weighted by atomic mass is 9.85. The summed E-state index contributed by atoms with van der Waals surface area (Å²) in [5.74, 6) is 0. The van der Waals surface area contributed by atoms with Gasteiger partial charge in [0, 0.05) is 0 Å². The van der Waals surface area contributed by atoms with Crippen LogP contribution in [0.5, 0.6) is 0 Å². The first kappa shape index (κ1) is 5.10. The number of hydrogen-bond donors (Lipinski definition) is 0. The Balaban J connectivity index is 2.29. The van der Waals surface area contributed by atoms with Crippen molar-refractivity contribution in [3.05, 3.63) is 7.05 Å². The van der Waals surface area contributed by atoms with Gasteiger partial charge in [0.2, 0.25) is 0 Å². The van der Waals surface area contributed by atoms with E-state index in [9.17, 15) is 0 Å². The maximum absolute atomic E-state index is 3.77. The first-order valence-corrected chi connectivity index (χ1v) is 2.66. The van der Waals surface area contributed by atoms with Crippen LogP contribution in [0.2, 0.25) is 0 Å².